The minimum Gasteiger partial charge on any atom is -0.388 e. The predicted molar refractivity (Wildman–Crippen MR) is 76.0 cm³/mol. The SMILES string of the molecule is CNc1cccc(C(=O)N(C)Cc2ccncc2)c1. The van der Waals surface area contributed by atoms with Crippen molar-refractivity contribution in [2.45, 2.75) is 6.54 Å². The van der Waals surface area contributed by atoms with E-state index in [9.17, 15) is 4.79 Å². The fourth-order valence-corrected chi connectivity index (χ4v) is 1.86. The van der Waals surface area contributed by atoms with Gasteiger partial charge in [-0.15, -0.1) is 0 Å². The Balaban J connectivity index is 2.10. The summed E-state index contributed by atoms with van der Waals surface area (Å²) in [6.07, 6.45) is 3.46. The van der Waals surface area contributed by atoms with Gasteiger partial charge < -0.3 is 10.2 Å². The normalized spacial score (nSPS) is 10.0. The van der Waals surface area contributed by atoms with E-state index in [0.29, 0.717) is 12.1 Å². The lowest BCUT2D eigenvalue weighted by molar-refractivity contribution is 0.0785. The lowest BCUT2D eigenvalue weighted by Crippen LogP contribution is -2.26. The monoisotopic (exact) mass is 255 g/mol. The first-order valence-electron chi connectivity index (χ1n) is 6.13. The molecule has 0 atom stereocenters. The molecule has 2 aromatic rings. The van der Waals surface area contributed by atoms with E-state index in [0.717, 1.165) is 11.3 Å². The van der Waals surface area contributed by atoms with Gasteiger partial charge >= 0.3 is 0 Å². The van der Waals surface area contributed by atoms with Crippen LogP contribution in [-0.2, 0) is 6.54 Å². The summed E-state index contributed by atoms with van der Waals surface area (Å²) in [6.45, 7) is 0.575. The quantitative estimate of drug-likeness (QED) is 0.912. The van der Waals surface area contributed by atoms with Gasteiger partial charge in [-0.25, -0.2) is 0 Å². The van der Waals surface area contributed by atoms with Crippen molar-refractivity contribution < 1.29 is 4.79 Å². The smallest absolute Gasteiger partial charge is 0.253 e. The van der Waals surface area contributed by atoms with Crippen molar-refractivity contribution in [2.24, 2.45) is 0 Å². The second kappa shape index (κ2) is 6.00. The summed E-state index contributed by atoms with van der Waals surface area (Å²) in [5, 5.41) is 3.03. The molecule has 0 bridgehead atoms. The largest absolute Gasteiger partial charge is 0.388 e. The molecule has 0 radical (unpaired) electrons. The molecule has 1 aromatic carbocycles. The van der Waals surface area contributed by atoms with Crippen LogP contribution in [0.15, 0.2) is 48.8 Å². The van der Waals surface area contributed by atoms with Crippen LogP contribution in [0.4, 0.5) is 5.69 Å². The van der Waals surface area contributed by atoms with E-state index in [1.165, 1.54) is 0 Å². The standard InChI is InChI=1S/C15H17N3O/c1-16-14-5-3-4-13(10-14)15(19)18(2)11-12-6-8-17-9-7-12/h3-10,16H,11H2,1-2H3. The molecule has 4 heteroatoms. The number of nitrogens with one attached hydrogen (secondary N) is 1. The van der Waals surface area contributed by atoms with E-state index >= 15 is 0 Å². The maximum atomic E-state index is 12.3. The third-order valence-corrected chi connectivity index (χ3v) is 2.91. The molecule has 0 saturated heterocycles. The Hall–Kier alpha value is -2.36. The second-order valence-electron chi connectivity index (χ2n) is 4.35. The van der Waals surface area contributed by atoms with Crippen molar-refractivity contribution in [3.63, 3.8) is 0 Å². The van der Waals surface area contributed by atoms with E-state index in [1.807, 2.05) is 43.4 Å². The fraction of sp³-hybridized carbons (Fsp3) is 0.200. The maximum Gasteiger partial charge on any atom is 0.253 e. The van der Waals surface area contributed by atoms with Crippen LogP contribution in [0.5, 0.6) is 0 Å². The Morgan fingerprint density at radius 3 is 2.68 bits per heavy atom. The van der Waals surface area contributed by atoms with Crippen LogP contribution in [0.2, 0.25) is 0 Å². The highest BCUT2D eigenvalue weighted by Gasteiger charge is 2.12. The molecule has 1 amide bonds. The molecule has 0 aliphatic heterocycles. The molecular weight excluding hydrogens is 238 g/mol. The molecule has 1 N–H and O–H groups in total. The highest BCUT2D eigenvalue weighted by Crippen LogP contribution is 2.13. The molecule has 1 aromatic heterocycles. The summed E-state index contributed by atoms with van der Waals surface area (Å²) < 4.78 is 0. The Labute approximate surface area is 113 Å². The number of amides is 1. The molecule has 0 aliphatic rings. The maximum absolute atomic E-state index is 12.3. The molecule has 4 nitrogen and oxygen atoms in total. The van der Waals surface area contributed by atoms with Crippen molar-refractivity contribution >= 4 is 11.6 Å². The van der Waals surface area contributed by atoms with Crippen molar-refractivity contribution in [3.05, 3.63) is 59.9 Å². The molecule has 2 rings (SSSR count). The van der Waals surface area contributed by atoms with E-state index in [-0.39, 0.29) is 5.91 Å². The molecule has 1 heterocycles. The Morgan fingerprint density at radius 1 is 1.26 bits per heavy atom. The number of anilines is 1. The van der Waals surface area contributed by atoms with E-state index in [1.54, 1.807) is 24.3 Å². The number of nitrogens with zero attached hydrogens (tertiary/aromatic N) is 2. The summed E-state index contributed by atoms with van der Waals surface area (Å²) in [5.74, 6) is 0.00825. The lowest BCUT2D eigenvalue weighted by atomic mass is 10.1. The first kappa shape index (κ1) is 13.1. The topological polar surface area (TPSA) is 45.2 Å². The number of rotatable bonds is 4. The van der Waals surface area contributed by atoms with Crippen LogP contribution < -0.4 is 5.32 Å². The van der Waals surface area contributed by atoms with Gasteiger partial charge in [0.25, 0.3) is 5.91 Å². The van der Waals surface area contributed by atoms with Crippen LogP contribution in [0, 0.1) is 0 Å². The van der Waals surface area contributed by atoms with Crippen LogP contribution in [0.1, 0.15) is 15.9 Å². The van der Waals surface area contributed by atoms with Crippen LogP contribution in [-0.4, -0.2) is 29.9 Å². The average Bonchev–Trinajstić information content (AvgIpc) is 2.47. The number of hydrogen-bond acceptors (Lipinski definition) is 3. The number of benzene rings is 1. The molecule has 0 aliphatic carbocycles. The van der Waals surface area contributed by atoms with Crippen molar-refractivity contribution in [1.82, 2.24) is 9.88 Å². The number of hydrogen-bond donors (Lipinski definition) is 1. The zero-order valence-electron chi connectivity index (χ0n) is 11.1. The van der Waals surface area contributed by atoms with E-state index in [2.05, 4.69) is 10.3 Å². The van der Waals surface area contributed by atoms with Crippen LogP contribution >= 0.6 is 0 Å². The molecule has 0 saturated carbocycles. The van der Waals surface area contributed by atoms with Crippen molar-refractivity contribution in [3.8, 4) is 0 Å². The van der Waals surface area contributed by atoms with Gasteiger partial charge in [0.15, 0.2) is 0 Å². The van der Waals surface area contributed by atoms with Gasteiger partial charge in [-0.1, -0.05) is 6.07 Å². The van der Waals surface area contributed by atoms with E-state index < -0.39 is 0 Å². The summed E-state index contributed by atoms with van der Waals surface area (Å²) in [6, 6.07) is 11.3. The van der Waals surface area contributed by atoms with Gasteiger partial charge in [0.1, 0.15) is 0 Å². The first-order valence-corrected chi connectivity index (χ1v) is 6.13. The number of aromatic nitrogens is 1. The highest BCUT2D eigenvalue weighted by atomic mass is 16.2. The average molecular weight is 255 g/mol. The minimum absolute atomic E-state index is 0.00825. The van der Waals surface area contributed by atoms with Gasteiger partial charge in [-0.05, 0) is 35.9 Å². The lowest BCUT2D eigenvalue weighted by Gasteiger charge is -2.17. The summed E-state index contributed by atoms with van der Waals surface area (Å²) in [5.41, 5.74) is 2.68. The van der Waals surface area contributed by atoms with Crippen LogP contribution in [0.25, 0.3) is 0 Å². The summed E-state index contributed by atoms with van der Waals surface area (Å²) in [4.78, 5) is 18.0. The van der Waals surface area contributed by atoms with Gasteiger partial charge in [-0.3, -0.25) is 9.78 Å². The molecule has 19 heavy (non-hydrogen) atoms. The number of carbonyl (C=O) groups is 1. The zero-order chi connectivity index (χ0) is 13.7. The van der Waals surface area contributed by atoms with Crippen molar-refractivity contribution in [2.75, 3.05) is 19.4 Å². The summed E-state index contributed by atoms with van der Waals surface area (Å²) in [7, 11) is 3.64. The molecule has 0 spiro atoms. The molecular formula is C15H17N3O. The summed E-state index contributed by atoms with van der Waals surface area (Å²) >= 11 is 0. The van der Waals surface area contributed by atoms with Gasteiger partial charge in [0.05, 0.1) is 0 Å². The molecule has 0 fully saturated rings. The predicted octanol–water partition coefficient (Wildman–Crippen LogP) is 2.40. The first-order chi connectivity index (χ1) is 9.20. The Kier molecular flexibility index (Phi) is 4.13. The van der Waals surface area contributed by atoms with Gasteiger partial charge in [0, 0.05) is 44.3 Å². The minimum atomic E-state index is 0.00825. The second-order valence-corrected chi connectivity index (χ2v) is 4.35. The van der Waals surface area contributed by atoms with E-state index in [4.69, 9.17) is 0 Å². The number of carbonyl (C=O) groups excluding carboxylic acids is 1. The molecule has 98 valence electrons. The number of pyridine rings is 1. The third kappa shape index (κ3) is 3.31. The Bertz CT molecular complexity index is 554. The fourth-order valence-electron chi connectivity index (χ4n) is 1.86. The van der Waals surface area contributed by atoms with Gasteiger partial charge in [-0.2, -0.15) is 0 Å². The Morgan fingerprint density at radius 2 is 2.00 bits per heavy atom. The zero-order valence-corrected chi connectivity index (χ0v) is 11.1. The van der Waals surface area contributed by atoms with Crippen molar-refractivity contribution in [1.29, 1.82) is 0 Å². The molecule has 0 unspecified atom stereocenters. The van der Waals surface area contributed by atoms with Crippen LogP contribution in [0.3, 0.4) is 0 Å². The highest BCUT2D eigenvalue weighted by molar-refractivity contribution is 5.94. The third-order valence-electron chi connectivity index (χ3n) is 2.91. The van der Waals surface area contributed by atoms with Gasteiger partial charge in [0.2, 0.25) is 0 Å².